The van der Waals surface area contributed by atoms with Crippen molar-refractivity contribution in [2.45, 2.75) is 71.1 Å². The number of anilines is 1. The van der Waals surface area contributed by atoms with E-state index in [1.54, 1.807) is 17.0 Å². The number of imidazole rings is 1. The molecule has 204 valence electrons. The van der Waals surface area contributed by atoms with Crippen molar-refractivity contribution in [3.63, 3.8) is 0 Å². The van der Waals surface area contributed by atoms with Crippen LogP contribution >= 0.6 is 0 Å². The number of benzene rings is 2. The Morgan fingerprint density at radius 2 is 1.68 bits per heavy atom. The molecule has 8 nitrogen and oxygen atoms in total. The fourth-order valence-corrected chi connectivity index (χ4v) is 4.56. The summed E-state index contributed by atoms with van der Waals surface area (Å²) >= 11 is 0. The Morgan fingerprint density at radius 3 is 2.26 bits per heavy atom. The standard InChI is InChI=1S/C29H36FN3O5/c1-4-15-32(22-8-6-5-7-9-22)29(38)26-27(19(2)3)33(16-14-23(34)17-24(35)18-25(36)37)28(31-26)20-10-12-21(30)13-11-20/h5-13,19,23-24,34-35H,4,14-18H2,1-3H3,(H,36,37)/t23-,24-/m1/s1. The number of nitrogens with zero attached hydrogens (tertiary/aromatic N) is 3. The normalized spacial score (nSPS) is 12.9. The predicted molar refractivity (Wildman–Crippen MR) is 144 cm³/mol. The minimum absolute atomic E-state index is 0.0893. The minimum Gasteiger partial charge on any atom is -0.481 e. The number of carbonyl (C=O) groups is 2. The van der Waals surface area contributed by atoms with Gasteiger partial charge in [-0.2, -0.15) is 0 Å². The third-order valence-electron chi connectivity index (χ3n) is 6.26. The number of aliphatic hydroxyl groups excluding tert-OH is 2. The maximum Gasteiger partial charge on any atom is 0.305 e. The van der Waals surface area contributed by atoms with E-state index in [1.165, 1.54) is 12.1 Å². The smallest absolute Gasteiger partial charge is 0.305 e. The first-order valence-corrected chi connectivity index (χ1v) is 12.9. The zero-order chi connectivity index (χ0) is 27.8. The van der Waals surface area contributed by atoms with Crippen molar-refractivity contribution < 1.29 is 29.3 Å². The van der Waals surface area contributed by atoms with E-state index in [0.29, 0.717) is 23.6 Å². The summed E-state index contributed by atoms with van der Waals surface area (Å²) in [5, 5.41) is 29.4. The predicted octanol–water partition coefficient (Wildman–Crippen LogP) is 4.85. The Hall–Kier alpha value is -3.56. The van der Waals surface area contributed by atoms with Crippen molar-refractivity contribution in [3.05, 3.63) is 71.8 Å². The van der Waals surface area contributed by atoms with E-state index in [9.17, 15) is 24.2 Å². The molecule has 2 atom stereocenters. The molecule has 2 aromatic carbocycles. The highest BCUT2D eigenvalue weighted by atomic mass is 19.1. The van der Waals surface area contributed by atoms with Gasteiger partial charge in [0, 0.05) is 24.3 Å². The van der Waals surface area contributed by atoms with Crippen LogP contribution in [0.4, 0.5) is 10.1 Å². The van der Waals surface area contributed by atoms with E-state index in [1.807, 2.05) is 55.7 Å². The number of hydrogen-bond donors (Lipinski definition) is 3. The van der Waals surface area contributed by atoms with Crippen molar-refractivity contribution in [1.82, 2.24) is 9.55 Å². The number of aliphatic carboxylic acids is 1. The first-order valence-electron chi connectivity index (χ1n) is 12.9. The highest BCUT2D eigenvalue weighted by molar-refractivity contribution is 6.06. The van der Waals surface area contributed by atoms with Gasteiger partial charge in [-0.1, -0.05) is 39.0 Å². The highest BCUT2D eigenvalue weighted by Gasteiger charge is 2.29. The summed E-state index contributed by atoms with van der Waals surface area (Å²) in [5.74, 6) is -1.42. The third kappa shape index (κ3) is 7.26. The molecule has 0 saturated heterocycles. The van der Waals surface area contributed by atoms with Crippen molar-refractivity contribution in [1.29, 1.82) is 0 Å². The average Bonchev–Trinajstić information content (AvgIpc) is 3.26. The number of hydrogen-bond acceptors (Lipinski definition) is 5. The van der Waals surface area contributed by atoms with Crippen LogP contribution in [0, 0.1) is 5.82 Å². The van der Waals surface area contributed by atoms with Gasteiger partial charge in [0.25, 0.3) is 5.91 Å². The largest absolute Gasteiger partial charge is 0.481 e. The summed E-state index contributed by atoms with van der Waals surface area (Å²) in [6, 6.07) is 15.2. The number of amides is 1. The number of rotatable bonds is 13. The second-order valence-electron chi connectivity index (χ2n) is 9.70. The zero-order valence-electron chi connectivity index (χ0n) is 22.0. The Labute approximate surface area is 222 Å². The second kappa shape index (κ2) is 13.3. The lowest BCUT2D eigenvalue weighted by atomic mass is 10.0. The van der Waals surface area contributed by atoms with E-state index in [2.05, 4.69) is 0 Å². The molecule has 0 aliphatic heterocycles. The molecule has 0 spiro atoms. The summed E-state index contributed by atoms with van der Waals surface area (Å²) in [6.45, 7) is 6.67. The zero-order valence-corrected chi connectivity index (χ0v) is 22.0. The van der Waals surface area contributed by atoms with Gasteiger partial charge in [-0.3, -0.25) is 9.59 Å². The molecule has 1 amide bonds. The van der Waals surface area contributed by atoms with Gasteiger partial charge < -0.3 is 24.8 Å². The van der Waals surface area contributed by atoms with E-state index >= 15 is 0 Å². The summed E-state index contributed by atoms with van der Waals surface area (Å²) in [4.78, 5) is 31.3. The summed E-state index contributed by atoms with van der Waals surface area (Å²) in [5.41, 5.74) is 2.35. The molecule has 0 bridgehead atoms. The van der Waals surface area contributed by atoms with Crippen molar-refractivity contribution in [2.75, 3.05) is 11.4 Å². The molecule has 0 fully saturated rings. The van der Waals surface area contributed by atoms with Gasteiger partial charge in [0.2, 0.25) is 0 Å². The highest BCUT2D eigenvalue weighted by Crippen LogP contribution is 2.31. The van der Waals surface area contributed by atoms with Gasteiger partial charge in [-0.15, -0.1) is 0 Å². The molecule has 0 aliphatic rings. The lowest BCUT2D eigenvalue weighted by Gasteiger charge is -2.23. The maximum atomic E-state index is 13.9. The lowest BCUT2D eigenvalue weighted by Crippen LogP contribution is -2.33. The van der Waals surface area contributed by atoms with Gasteiger partial charge in [0.15, 0.2) is 5.69 Å². The molecule has 3 N–H and O–H groups in total. The molecule has 1 aromatic heterocycles. The number of carboxylic acids is 1. The van der Waals surface area contributed by atoms with Crippen LogP contribution in [0.2, 0.25) is 0 Å². The van der Waals surface area contributed by atoms with Gasteiger partial charge in [-0.05, 0) is 61.6 Å². The number of para-hydroxylation sites is 1. The molecular weight excluding hydrogens is 489 g/mol. The first kappa shape index (κ1) is 29.0. The van der Waals surface area contributed by atoms with Crippen LogP contribution in [0.3, 0.4) is 0 Å². The summed E-state index contributed by atoms with van der Waals surface area (Å²) in [6.07, 6.45) is -1.73. The van der Waals surface area contributed by atoms with Crippen LogP contribution in [0.25, 0.3) is 11.4 Å². The van der Waals surface area contributed by atoms with Crippen LogP contribution in [0.15, 0.2) is 54.6 Å². The van der Waals surface area contributed by atoms with Crippen LogP contribution in [0.5, 0.6) is 0 Å². The summed E-state index contributed by atoms with van der Waals surface area (Å²) < 4.78 is 15.6. The fraction of sp³-hybridized carbons (Fsp3) is 0.414. The minimum atomic E-state index is -1.17. The Balaban J connectivity index is 2.04. The van der Waals surface area contributed by atoms with E-state index < -0.39 is 30.4 Å². The fourth-order valence-electron chi connectivity index (χ4n) is 4.56. The molecular formula is C29H36FN3O5. The number of halogens is 1. The van der Waals surface area contributed by atoms with Gasteiger partial charge in [-0.25, -0.2) is 9.37 Å². The SMILES string of the molecule is CCCN(C(=O)c1nc(-c2ccc(F)cc2)n(CC[C@@H](O)C[C@@H](O)CC(=O)O)c1C(C)C)c1ccccc1. The quantitative estimate of drug-likeness (QED) is 0.294. The monoisotopic (exact) mass is 525 g/mol. The number of carboxylic acid groups (broad SMARTS) is 1. The van der Waals surface area contributed by atoms with E-state index in [-0.39, 0.29) is 36.9 Å². The Kier molecular flexibility index (Phi) is 10.2. The van der Waals surface area contributed by atoms with Crippen molar-refractivity contribution in [3.8, 4) is 11.4 Å². The van der Waals surface area contributed by atoms with Gasteiger partial charge in [0.05, 0.1) is 24.3 Å². The topological polar surface area (TPSA) is 116 Å². The van der Waals surface area contributed by atoms with Crippen molar-refractivity contribution in [2.24, 2.45) is 0 Å². The van der Waals surface area contributed by atoms with Crippen LogP contribution in [-0.4, -0.2) is 55.5 Å². The molecule has 38 heavy (non-hydrogen) atoms. The second-order valence-corrected chi connectivity index (χ2v) is 9.70. The molecule has 0 unspecified atom stereocenters. The molecule has 3 aromatic rings. The number of carbonyl (C=O) groups excluding carboxylic acids is 1. The Morgan fingerprint density at radius 1 is 1.03 bits per heavy atom. The number of aliphatic hydroxyl groups is 2. The van der Waals surface area contributed by atoms with Crippen LogP contribution in [0.1, 0.15) is 68.6 Å². The molecule has 3 rings (SSSR count). The van der Waals surface area contributed by atoms with E-state index in [0.717, 1.165) is 12.1 Å². The van der Waals surface area contributed by atoms with Gasteiger partial charge in [0.1, 0.15) is 11.6 Å². The lowest BCUT2D eigenvalue weighted by molar-refractivity contribution is -0.139. The number of aromatic nitrogens is 2. The summed E-state index contributed by atoms with van der Waals surface area (Å²) in [7, 11) is 0. The third-order valence-corrected chi connectivity index (χ3v) is 6.26. The maximum absolute atomic E-state index is 13.9. The first-order chi connectivity index (χ1) is 18.1. The van der Waals surface area contributed by atoms with Crippen LogP contribution in [-0.2, 0) is 11.3 Å². The average molecular weight is 526 g/mol. The van der Waals surface area contributed by atoms with Crippen LogP contribution < -0.4 is 4.90 Å². The molecule has 9 heteroatoms. The van der Waals surface area contributed by atoms with Gasteiger partial charge >= 0.3 is 5.97 Å². The van der Waals surface area contributed by atoms with Crippen molar-refractivity contribution >= 4 is 17.6 Å². The van der Waals surface area contributed by atoms with E-state index in [4.69, 9.17) is 10.1 Å². The molecule has 0 radical (unpaired) electrons. The molecule has 0 aliphatic carbocycles. The molecule has 1 heterocycles. The Bertz CT molecular complexity index is 1210. The molecule has 0 saturated carbocycles.